The van der Waals surface area contributed by atoms with Gasteiger partial charge in [-0.25, -0.2) is 0 Å². The van der Waals surface area contributed by atoms with Gasteiger partial charge in [0, 0.05) is 32.5 Å². The summed E-state index contributed by atoms with van der Waals surface area (Å²) in [6.07, 6.45) is 2.36. The van der Waals surface area contributed by atoms with Gasteiger partial charge in [-0.3, -0.25) is 4.79 Å². The lowest BCUT2D eigenvalue weighted by atomic mass is 10.1. The summed E-state index contributed by atoms with van der Waals surface area (Å²) in [7, 11) is 0. The molecule has 0 aromatic heterocycles. The van der Waals surface area contributed by atoms with Crippen LogP contribution in [0.3, 0.4) is 0 Å². The van der Waals surface area contributed by atoms with E-state index in [1.807, 2.05) is 43.3 Å². The number of allylic oxidation sites excluding steroid dienone is 2. The van der Waals surface area contributed by atoms with Gasteiger partial charge in [-0.2, -0.15) is 0 Å². The molecule has 0 aliphatic carbocycles. The van der Waals surface area contributed by atoms with Crippen LogP contribution in [-0.2, 0) is 0 Å². The zero-order valence-electron chi connectivity index (χ0n) is 11.6. The highest BCUT2D eigenvalue weighted by Gasteiger charge is 2.05. The smallest absolute Gasteiger partial charge is 0.187 e. The lowest BCUT2D eigenvalue weighted by Gasteiger charge is -2.09. The number of halogens is 2. The number of hydrogen-bond donors (Lipinski definition) is 1. The first-order valence-corrected chi connectivity index (χ1v) is 7.78. The number of carbonyl (C=O) groups is 1. The normalized spacial score (nSPS) is 11.3. The number of ketones is 1. The summed E-state index contributed by atoms with van der Waals surface area (Å²) in [5.41, 5.74) is 2.39. The third-order valence-electron chi connectivity index (χ3n) is 2.94. The molecule has 0 atom stereocenters. The number of rotatable bonds is 5. The van der Waals surface area contributed by atoms with Gasteiger partial charge in [0.1, 0.15) is 0 Å². The first kappa shape index (κ1) is 15.8. The summed E-state index contributed by atoms with van der Waals surface area (Å²) in [6, 6.07) is 14.7. The molecule has 2 nitrogen and oxygen atoms in total. The van der Waals surface area contributed by atoms with Crippen molar-refractivity contribution < 1.29 is 4.79 Å². The second kappa shape index (κ2) is 7.43. The summed E-state index contributed by atoms with van der Waals surface area (Å²) in [5.74, 6) is -0.0196. The van der Waals surface area contributed by atoms with E-state index in [0.29, 0.717) is 10.6 Å². The van der Waals surface area contributed by atoms with Crippen LogP contribution in [-0.4, -0.2) is 5.78 Å². The maximum atomic E-state index is 12.2. The van der Waals surface area contributed by atoms with Gasteiger partial charge in [0.2, 0.25) is 0 Å². The van der Waals surface area contributed by atoms with Crippen LogP contribution in [0.4, 0.5) is 5.69 Å². The fraction of sp³-hybridized carbons (Fsp3) is 0.118. The van der Waals surface area contributed by atoms with Crippen LogP contribution >= 0.6 is 27.5 Å². The molecular formula is C17H15BrClNO. The Labute approximate surface area is 138 Å². The van der Waals surface area contributed by atoms with E-state index in [9.17, 15) is 4.79 Å². The van der Waals surface area contributed by atoms with Crippen LogP contribution in [0.25, 0.3) is 0 Å². The van der Waals surface area contributed by atoms with Crippen molar-refractivity contribution in [1.29, 1.82) is 0 Å². The highest BCUT2D eigenvalue weighted by atomic mass is 79.9. The molecule has 21 heavy (non-hydrogen) atoms. The zero-order valence-corrected chi connectivity index (χ0v) is 13.9. The molecule has 0 bridgehead atoms. The SMILES string of the molecule is CC/C(=C\C(=O)c1ccc(Br)cc1)Nc1cccc(Cl)c1. The minimum absolute atomic E-state index is 0.0196. The molecule has 2 aromatic rings. The standard InChI is InChI=1S/C17H15BrClNO/c1-2-15(20-16-5-3-4-14(19)10-16)11-17(21)12-6-8-13(18)9-7-12/h3-11,20H,2H2,1H3/b15-11+. The average Bonchev–Trinajstić information content (AvgIpc) is 2.47. The summed E-state index contributed by atoms with van der Waals surface area (Å²) in [5, 5.41) is 3.89. The molecule has 0 aliphatic rings. The molecule has 0 amide bonds. The van der Waals surface area contributed by atoms with Gasteiger partial charge in [0.15, 0.2) is 5.78 Å². The van der Waals surface area contributed by atoms with Gasteiger partial charge in [0.05, 0.1) is 0 Å². The predicted molar refractivity (Wildman–Crippen MR) is 91.9 cm³/mol. The van der Waals surface area contributed by atoms with E-state index in [0.717, 1.165) is 22.3 Å². The molecule has 0 unspecified atom stereocenters. The quantitative estimate of drug-likeness (QED) is 0.545. The maximum Gasteiger partial charge on any atom is 0.187 e. The van der Waals surface area contributed by atoms with Gasteiger partial charge in [-0.1, -0.05) is 40.5 Å². The Bertz CT molecular complexity index is 665. The average molecular weight is 365 g/mol. The molecule has 0 saturated carbocycles. The highest BCUT2D eigenvalue weighted by Crippen LogP contribution is 2.18. The van der Waals surface area contributed by atoms with Gasteiger partial charge in [-0.05, 0) is 48.9 Å². The van der Waals surface area contributed by atoms with Crippen molar-refractivity contribution in [2.45, 2.75) is 13.3 Å². The van der Waals surface area contributed by atoms with E-state index in [1.54, 1.807) is 18.2 Å². The van der Waals surface area contributed by atoms with E-state index in [4.69, 9.17) is 11.6 Å². The Kier molecular flexibility index (Phi) is 5.59. The van der Waals surface area contributed by atoms with E-state index in [2.05, 4.69) is 21.2 Å². The summed E-state index contributed by atoms with van der Waals surface area (Å²) < 4.78 is 0.954. The van der Waals surface area contributed by atoms with Crippen LogP contribution < -0.4 is 5.32 Å². The Morgan fingerprint density at radius 1 is 1.24 bits per heavy atom. The lowest BCUT2D eigenvalue weighted by molar-refractivity contribution is 0.104. The van der Waals surface area contributed by atoms with Crippen molar-refractivity contribution in [3.05, 3.63) is 75.4 Å². The van der Waals surface area contributed by atoms with Crippen molar-refractivity contribution >= 4 is 39.0 Å². The second-order valence-corrected chi connectivity index (χ2v) is 5.88. The largest absolute Gasteiger partial charge is 0.359 e. The topological polar surface area (TPSA) is 29.1 Å². The van der Waals surface area contributed by atoms with Crippen molar-refractivity contribution in [3.8, 4) is 0 Å². The third kappa shape index (κ3) is 4.73. The van der Waals surface area contributed by atoms with Crippen LogP contribution in [0.1, 0.15) is 23.7 Å². The summed E-state index contributed by atoms with van der Waals surface area (Å²) in [4.78, 5) is 12.2. The number of hydrogen-bond acceptors (Lipinski definition) is 2. The third-order valence-corrected chi connectivity index (χ3v) is 3.71. The minimum atomic E-state index is -0.0196. The number of nitrogens with one attached hydrogen (secondary N) is 1. The van der Waals surface area contributed by atoms with Crippen LogP contribution in [0.5, 0.6) is 0 Å². The van der Waals surface area contributed by atoms with Gasteiger partial charge >= 0.3 is 0 Å². The molecule has 108 valence electrons. The first-order valence-electron chi connectivity index (χ1n) is 6.61. The van der Waals surface area contributed by atoms with Crippen molar-refractivity contribution in [2.24, 2.45) is 0 Å². The monoisotopic (exact) mass is 363 g/mol. The molecule has 2 rings (SSSR count). The van der Waals surface area contributed by atoms with Crippen LogP contribution in [0.15, 0.2) is 64.8 Å². The van der Waals surface area contributed by atoms with Gasteiger partial charge in [-0.15, -0.1) is 0 Å². The number of carbonyl (C=O) groups excluding carboxylic acids is 1. The van der Waals surface area contributed by atoms with E-state index < -0.39 is 0 Å². The summed E-state index contributed by atoms with van der Waals surface area (Å²) in [6.45, 7) is 2.00. The number of anilines is 1. The van der Waals surface area contributed by atoms with Crippen molar-refractivity contribution in [3.63, 3.8) is 0 Å². The molecule has 2 aromatic carbocycles. The molecule has 0 aliphatic heterocycles. The van der Waals surface area contributed by atoms with E-state index in [1.165, 1.54) is 0 Å². The predicted octanol–water partition coefficient (Wildman–Crippen LogP) is 5.69. The Morgan fingerprint density at radius 2 is 1.95 bits per heavy atom. The molecule has 0 fully saturated rings. The van der Waals surface area contributed by atoms with Gasteiger partial charge < -0.3 is 5.32 Å². The van der Waals surface area contributed by atoms with Crippen LogP contribution in [0, 0.1) is 0 Å². The molecule has 1 N–H and O–H groups in total. The first-order chi connectivity index (χ1) is 10.1. The number of benzene rings is 2. The van der Waals surface area contributed by atoms with Crippen molar-refractivity contribution in [2.75, 3.05) is 5.32 Å². The summed E-state index contributed by atoms with van der Waals surface area (Å²) >= 11 is 9.32. The molecule has 0 spiro atoms. The van der Waals surface area contributed by atoms with Crippen molar-refractivity contribution in [1.82, 2.24) is 0 Å². The zero-order chi connectivity index (χ0) is 15.2. The minimum Gasteiger partial charge on any atom is -0.359 e. The van der Waals surface area contributed by atoms with E-state index in [-0.39, 0.29) is 5.78 Å². The molecule has 0 radical (unpaired) electrons. The molecule has 0 saturated heterocycles. The Balaban J connectivity index is 2.16. The fourth-order valence-electron chi connectivity index (χ4n) is 1.83. The second-order valence-electron chi connectivity index (χ2n) is 4.53. The Morgan fingerprint density at radius 3 is 2.57 bits per heavy atom. The molecule has 4 heteroatoms. The lowest BCUT2D eigenvalue weighted by Crippen LogP contribution is -2.03. The molecular weight excluding hydrogens is 350 g/mol. The maximum absolute atomic E-state index is 12.2. The van der Waals surface area contributed by atoms with E-state index >= 15 is 0 Å². The molecule has 0 heterocycles. The Hall–Kier alpha value is -1.58. The van der Waals surface area contributed by atoms with Gasteiger partial charge in [0.25, 0.3) is 0 Å². The highest BCUT2D eigenvalue weighted by molar-refractivity contribution is 9.10. The van der Waals surface area contributed by atoms with Crippen LogP contribution in [0.2, 0.25) is 5.02 Å². The fourth-order valence-corrected chi connectivity index (χ4v) is 2.29.